The molecule has 0 aromatic carbocycles. The van der Waals surface area contributed by atoms with E-state index in [9.17, 15) is 9.90 Å². The van der Waals surface area contributed by atoms with E-state index in [1.807, 2.05) is 27.7 Å². The Balaban J connectivity index is 2.61. The average Bonchev–Trinajstić information content (AvgIpc) is 2.80. The fraction of sp³-hybridized carbons (Fsp3) is 0.429. The smallest absolute Gasteiger partial charge is 0.347 e. The van der Waals surface area contributed by atoms with E-state index in [1.165, 1.54) is 21.1 Å². The highest BCUT2D eigenvalue weighted by Gasteiger charge is 2.27. The van der Waals surface area contributed by atoms with Gasteiger partial charge < -0.3 is 5.11 Å². The second-order valence-corrected chi connectivity index (χ2v) is 8.04. The molecule has 0 aliphatic rings. The first-order valence-electron chi connectivity index (χ1n) is 6.02. The average molecular weight is 295 g/mol. The molecule has 0 aliphatic carbocycles. The van der Waals surface area contributed by atoms with Crippen LogP contribution in [0.3, 0.4) is 0 Å². The van der Waals surface area contributed by atoms with Crippen LogP contribution in [0.2, 0.25) is 0 Å². The maximum atomic E-state index is 11.4. The quantitative estimate of drug-likeness (QED) is 0.888. The summed E-state index contributed by atoms with van der Waals surface area (Å²) in [6.45, 7) is 10.1. The third-order valence-electron chi connectivity index (χ3n) is 2.80. The first-order chi connectivity index (χ1) is 8.70. The summed E-state index contributed by atoms with van der Waals surface area (Å²) in [7, 11) is 0. The highest BCUT2D eigenvalue weighted by atomic mass is 32.1. The Morgan fingerprint density at radius 3 is 2.26 bits per heavy atom. The molecule has 0 amide bonds. The Morgan fingerprint density at radius 1 is 1.26 bits per heavy atom. The molecule has 5 heteroatoms. The molecule has 0 fully saturated rings. The van der Waals surface area contributed by atoms with Crippen molar-refractivity contribution in [3.05, 3.63) is 26.4 Å². The number of aromatic carboxylic acids is 1. The number of carboxylic acid groups (broad SMARTS) is 1. The molecule has 19 heavy (non-hydrogen) atoms. The van der Waals surface area contributed by atoms with Gasteiger partial charge in [0.1, 0.15) is 9.88 Å². The molecule has 0 radical (unpaired) electrons. The van der Waals surface area contributed by atoms with Crippen molar-refractivity contribution < 1.29 is 9.90 Å². The van der Waals surface area contributed by atoms with Gasteiger partial charge in [0.05, 0.1) is 5.69 Å². The standard InChI is InChI=1S/C14H17NO2S2/c1-7-6-9(8(2)18-7)12-15-11(14(3,4)5)10(19-12)13(16)17/h6H,1-5H3,(H,16,17). The van der Waals surface area contributed by atoms with Crippen LogP contribution in [0.5, 0.6) is 0 Å². The Morgan fingerprint density at radius 2 is 1.89 bits per heavy atom. The number of rotatable bonds is 2. The fourth-order valence-electron chi connectivity index (χ4n) is 1.93. The number of thiophene rings is 1. The van der Waals surface area contributed by atoms with Gasteiger partial charge in [-0.15, -0.1) is 22.7 Å². The molecule has 0 unspecified atom stereocenters. The zero-order valence-electron chi connectivity index (χ0n) is 11.7. The lowest BCUT2D eigenvalue weighted by molar-refractivity contribution is 0.0699. The van der Waals surface area contributed by atoms with E-state index in [0.29, 0.717) is 10.6 Å². The van der Waals surface area contributed by atoms with Gasteiger partial charge in [-0.1, -0.05) is 20.8 Å². The Kier molecular flexibility index (Phi) is 3.53. The zero-order valence-corrected chi connectivity index (χ0v) is 13.3. The molecular weight excluding hydrogens is 278 g/mol. The number of aryl methyl sites for hydroxylation is 2. The summed E-state index contributed by atoms with van der Waals surface area (Å²) in [6.07, 6.45) is 0. The molecule has 0 bridgehead atoms. The summed E-state index contributed by atoms with van der Waals surface area (Å²) in [4.78, 5) is 18.7. The number of carbonyl (C=O) groups is 1. The summed E-state index contributed by atoms with van der Waals surface area (Å²) in [5, 5.41) is 10.1. The number of nitrogens with zero attached hydrogens (tertiary/aromatic N) is 1. The summed E-state index contributed by atoms with van der Waals surface area (Å²) >= 11 is 2.99. The van der Waals surface area contributed by atoms with Crippen molar-refractivity contribution >= 4 is 28.6 Å². The SMILES string of the molecule is Cc1cc(-c2nc(C(C)(C)C)c(C(=O)O)s2)c(C)s1. The van der Waals surface area contributed by atoms with Gasteiger partial charge >= 0.3 is 5.97 Å². The van der Waals surface area contributed by atoms with Crippen molar-refractivity contribution in [3.8, 4) is 10.6 Å². The Labute approximate surface area is 120 Å². The van der Waals surface area contributed by atoms with Crippen molar-refractivity contribution in [2.75, 3.05) is 0 Å². The topological polar surface area (TPSA) is 50.2 Å². The van der Waals surface area contributed by atoms with Crippen molar-refractivity contribution in [1.82, 2.24) is 4.98 Å². The van der Waals surface area contributed by atoms with Crippen LogP contribution in [0.15, 0.2) is 6.07 Å². The molecule has 0 saturated carbocycles. The molecule has 2 aromatic rings. The van der Waals surface area contributed by atoms with E-state index in [-0.39, 0.29) is 5.41 Å². The number of thiazole rings is 1. The molecule has 0 spiro atoms. The van der Waals surface area contributed by atoms with Gasteiger partial charge in [0.25, 0.3) is 0 Å². The van der Waals surface area contributed by atoms with Crippen LogP contribution in [-0.2, 0) is 5.41 Å². The number of hydrogen-bond acceptors (Lipinski definition) is 4. The lowest BCUT2D eigenvalue weighted by Crippen LogP contribution is -2.16. The second-order valence-electron chi connectivity index (χ2n) is 5.58. The molecular formula is C14H17NO2S2. The van der Waals surface area contributed by atoms with Gasteiger partial charge in [-0.3, -0.25) is 0 Å². The van der Waals surface area contributed by atoms with Crippen LogP contribution in [0.4, 0.5) is 0 Å². The molecule has 2 rings (SSSR count). The van der Waals surface area contributed by atoms with E-state index in [2.05, 4.69) is 18.0 Å². The maximum Gasteiger partial charge on any atom is 0.347 e. The number of carboxylic acids is 1. The summed E-state index contributed by atoms with van der Waals surface area (Å²) < 4.78 is 0. The minimum absolute atomic E-state index is 0.262. The molecule has 2 aromatic heterocycles. The van der Waals surface area contributed by atoms with Gasteiger partial charge in [0, 0.05) is 20.7 Å². The van der Waals surface area contributed by atoms with Crippen LogP contribution in [0.25, 0.3) is 10.6 Å². The third-order valence-corrected chi connectivity index (χ3v) is 4.85. The minimum Gasteiger partial charge on any atom is -0.477 e. The first kappa shape index (κ1) is 14.2. The van der Waals surface area contributed by atoms with E-state index in [1.54, 1.807) is 11.3 Å². The van der Waals surface area contributed by atoms with Crippen molar-refractivity contribution in [2.24, 2.45) is 0 Å². The lowest BCUT2D eigenvalue weighted by Gasteiger charge is -2.15. The molecule has 0 saturated heterocycles. The van der Waals surface area contributed by atoms with E-state index >= 15 is 0 Å². The molecule has 3 nitrogen and oxygen atoms in total. The van der Waals surface area contributed by atoms with Crippen molar-refractivity contribution in [1.29, 1.82) is 0 Å². The van der Waals surface area contributed by atoms with E-state index in [4.69, 9.17) is 0 Å². The highest BCUT2D eigenvalue weighted by molar-refractivity contribution is 7.18. The zero-order chi connectivity index (χ0) is 14.4. The third kappa shape index (κ3) is 2.72. The van der Waals surface area contributed by atoms with Gasteiger partial charge in [-0.05, 0) is 19.9 Å². The van der Waals surface area contributed by atoms with Crippen LogP contribution in [-0.4, -0.2) is 16.1 Å². The predicted octanol–water partition coefficient (Wildman–Crippen LogP) is 4.48. The molecule has 1 N–H and O–H groups in total. The lowest BCUT2D eigenvalue weighted by atomic mass is 9.91. The van der Waals surface area contributed by atoms with Gasteiger partial charge in [-0.2, -0.15) is 0 Å². The first-order valence-corrected chi connectivity index (χ1v) is 7.65. The largest absolute Gasteiger partial charge is 0.477 e. The molecule has 0 atom stereocenters. The highest BCUT2D eigenvalue weighted by Crippen LogP contribution is 2.38. The minimum atomic E-state index is -0.890. The Bertz CT molecular complexity index is 632. The van der Waals surface area contributed by atoms with Crippen molar-refractivity contribution in [2.45, 2.75) is 40.0 Å². The summed E-state index contributed by atoms with van der Waals surface area (Å²) in [5.41, 5.74) is 1.47. The summed E-state index contributed by atoms with van der Waals surface area (Å²) in [6, 6.07) is 2.08. The van der Waals surface area contributed by atoms with Gasteiger partial charge in [0.15, 0.2) is 0 Å². The van der Waals surface area contributed by atoms with E-state index in [0.717, 1.165) is 10.6 Å². The predicted molar refractivity (Wildman–Crippen MR) is 80.6 cm³/mol. The van der Waals surface area contributed by atoms with Gasteiger partial charge in [0.2, 0.25) is 0 Å². The normalized spacial score (nSPS) is 11.8. The van der Waals surface area contributed by atoms with Crippen LogP contribution in [0.1, 0.15) is 45.9 Å². The molecule has 2 heterocycles. The maximum absolute atomic E-state index is 11.4. The second kappa shape index (κ2) is 4.72. The Hall–Kier alpha value is -1.20. The van der Waals surface area contributed by atoms with Crippen LogP contribution in [0, 0.1) is 13.8 Å². The van der Waals surface area contributed by atoms with Crippen LogP contribution < -0.4 is 0 Å². The van der Waals surface area contributed by atoms with Crippen LogP contribution >= 0.6 is 22.7 Å². The fourth-order valence-corrected chi connectivity index (χ4v) is 4.11. The summed E-state index contributed by atoms with van der Waals surface area (Å²) in [5.74, 6) is -0.890. The monoisotopic (exact) mass is 295 g/mol. The molecule has 0 aliphatic heterocycles. The van der Waals surface area contributed by atoms with Gasteiger partial charge in [-0.25, -0.2) is 9.78 Å². The van der Waals surface area contributed by atoms with E-state index < -0.39 is 5.97 Å². The number of hydrogen-bond donors (Lipinski definition) is 1. The molecule has 102 valence electrons. The number of aromatic nitrogens is 1. The van der Waals surface area contributed by atoms with Crippen molar-refractivity contribution in [3.63, 3.8) is 0 Å².